The lowest BCUT2D eigenvalue weighted by molar-refractivity contribution is -0.140. The van der Waals surface area contributed by atoms with E-state index in [1.54, 1.807) is 7.11 Å². The zero-order chi connectivity index (χ0) is 20.8. The molecule has 1 N–H and O–H groups in total. The minimum absolute atomic E-state index is 0.0729. The Labute approximate surface area is 171 Å². The minimum atomic E-state index is -0.498. The monoisotopic (exact) mass is 399 g/mol. The lowest BCUT2D eigenvalue weighted by atomic mass is 9.75. The van der Waals surface area contributed by atoms with E-state index in [9.17, 15) is 9.59 Å². The van der Waals surface area contributed by atoms with E-state index in [2.05, 4.69) is 5.32 Å². The van der Waals surface area contributed by atoms with Crippen molar-refractivity contribution >= 4 is 11.8 Å². The standard InChI is InChI=1S/C23H29NO5/c1-4-12-28-19-11-6-5-8-16(19)21-20(23(26)29-14-13-27-3)15(2)24-17-9-7-10-18(25)22(17)21/h5-6,8,11,21,24H,4,7,9-10,12-14H2,1-3H3/t21-/m1/s1. The summed E-state index contributed by atoms with van der Waals surface area (Å²) in [4.78, 5) is 26.0. The summed E-state index contributed by atoms with van der Waals surface area (Å²) in [5.41, 5.74) is 3.57. The summed E-state index contributed by atoms with van der Waals surface area (Å²) in [5, 5.41) is 3.30. The normalized spacial score (nSPS) is 19.0. The van der Waals surface area contributed by atoms with Gasteiger partial charge in [-0.3, -0.25) is 4.79 Å². The van der Waals surface area contributed by atoms with Crippen LogP contribution in [-0.2, 0) is 19.1 Å². The van der Waals surface area contributed by atoms with Crippen LogP contribution in [0.15, 0.2) is 46.8 Å². The molecule has 156 valence electrons. The summed E-state index contributed by atoms with van der Waals surface area (Å²) in [5.74, 6) is -0.167. The Balaban J connectivity index is 2.08. The average molecular weight is 399 g/mol. The number of methoxy groups -OCH3 is 1. The van der Waals surface area contributed by atoms with Gasteiger partial charge in [0.05, 0.1) is 24.7 Å². The SMILES string of the molecule is CCCOc1ccccc1[C@@H]1C(C(=O)OCCOC)=C(C)NC2=C1C(=O)CCC2. The fourth-order valence-electron chi connectivity index (χ4n) is 3.92. The second-order valence-corrected chi connectivity index (χ2v) is 7.28. The lowest BCUT2D eigenvalue weighted by Gasteiger charge is -2.34. The molecule has 0 fully saturated rings. The number of carbonyl (C=O) groups is 2. The van der Waals surface area contributed by atoms with E-state index in [1.807, 2.05) is 38.1 Å². The summed E-state index contributed by atoms with van der Waals surface area (Å²) >= 11 is 0. The first kappa shape index (κ1) is 21.1. The molecule has 0 radical (unpaired) electrons. The summed E-state index contributed by atoms with van der Waals surface area (Å²) in [6.45, 7) is 4.95. The maximum atomic E-state index is 13.0. The molecule has 1 aromatic rings. The van der Waals surface area contributed by atoms with Gasteiger partial charge < -0.3 is 19.5 Å². The highest BCUT2D eigenvalue weighted by atomic mass is 16.6. The Bertz CT molecular complexity index is 839. The second kappa shape index (κ2) is 9.74. The van der Waals surface area contributed by atoms with Gasteiger partial charge in [0.2, 0.25) is 0 Å². The molecule has 0 unspecified atom stereocenters. The number of hydrogen-bond acceptors (Lipinski definition) is 6. The molecule has 6 heteroatoms. The van der Waals surface area contributed by atoms with E-state index in [4.69, 9.17) is 14.2 Å². The molecule has 1 atom stereocenters. The molecule has 0 aromatic heterocycles. The molecule has 2 aliphatic rings. The molecule has 1 aliphatic heterocycles. The van der Waals surface area contributed by atoms with Crippen LogP contribution >= 0.6 is 0 Å². The number of carbonyl (C=O) groups excluding carboxylic acids is 2. The third-order valence-corrected chi connectivity index (χ3v) is 5.21. The second-order valence-electron chi connectivity index (χ2n) is 7.28. The number of benzene rings is 1. The molecular formula is C23H29NO5. The zero-order valence-electron chi connectivity index (χ0n) is 17.4. The maximum Gasteiger partial charge on any atom is 0.336 e. The van der Waals surface area contributed by atoms with Crippen molar-refractivity contribution in [3.05, 3.63) is 52.4 Å². The molecule has 29 heavy (non-hydrogen) atoms. The van der Waals surface area contributed by atoms with Crippen molar-refractivity contribution in [1.29, 1.82) is 0 Å². The molecule has 1 heterocycles. The Morgan fingerprint density at radius 1 is 1.17 bits per heavy atom. The Morgan fingerprint density at radius 2 is 1.97 bits per heavy atom. The first-order chi connectivity index (χ1) is 14.1. The Hall–Kier alpha value is -2.60. The molecule has 0 spiro atoms. The lowest BCUT2D eigenvalue weighted by Crippen LogP contribution is -2.34. The number of hydrogen-bond donors (Lipinski definition) is 1. The molecule has 1 aromatic carbocycles. The number of rotatable bonds is 8. The number of esters is 1. The zero-order valence-corrected chi connectivity index (χ0v) is 17.4. The predicted octanol–water partition coefficient (Wildman–Crippen LogP) is 3.63. The van der Waals surface area contributed by atoms with Crippen molar-refractivity contribution in [2.45, 2.75) is 45.4 Å². The van der Waals surface area contributed by atoms with Gasteiger partial charge in [-0.25, -0.2) is 4.79 Å². The van der Waals surface area contributed by atoms with Crippen molar-refractivity contribution < 1.29 is 23.8 Å². The van der Waals surface area contributed by atoms with Crippen molar-refractivity contribution in [3.8, 4) is 5.75 Å². The molecule has 0 saturated heterocycles. The highest BCUT2D eigenvalue weighted by Gasteiger charge is 2.40. The van der Waals surface area contributed by atoms with Crippen molar-refractivity contribution in [2.75, 3.05) is 26.9 Å². The van der Waals surface area contributed by atoms with Gasteiger partial charge in [0.25, 0.3) is 0 Å². The van der Waals surface area contributed by atoms with E-state index in [1.165, 1.54) is 0 Å². The van der Waals surface area contributed by atoms with Crippen LogP contribution in [0.5, 0.6) is 5.75 Å². The van der Waals surface area contributed by atoms with Gasteiger partial charge in [-0.15, -0.1) is 0 Å². The maximum absolute atomic E-state index is 13.0. The van der Waals surface area contributed by atoms with Gasteiger partial charge in [0, 0.05) is 36.1 Å². The summed E-state index contributed by atoms with van der Waals surface area (Å²) < 4.78 is 16.4. The van der Waals surface area contributed by atoms with E-state index < -0.39 is 11.9 Å². The summed E-state index contributed by atoms with van der Waals surface area (Å²) in [6.07, 6.45) is 2.96. The first-order valence-electron chi connectivity index (χ1n) is 10.2. The van der Waals surface area contributed by atoms with Gasteiger partial charge in [-0.2, -0.15) is 0 Å². The van der Waals surface area contributed by atoms with Gasteiger partial charge in [-0.05, 0) is 32.3 Å². The number of para-hydroxylation sites is 1. The van der Waals surface area contributed by atoms with E-state index >= 15 is 0 Å². The molecule has 1 aliphatic carbocycles. The molecule has 0 bridgehead atoms. The third kappa shape index (κ3) is 4.53. The van der Waals surface area contributed by atoms with Crippen LogP contribution in [-0.4, -0.2) is 38.7 Å². The van der Waals surface area contributed by atoms with E-state index in [0.29, 0.717) is 36.5 Å². The van der Waals surface area contributed by atoms with Crippen LogP contribution in [0.25, 0.3) is 0 Å². The topological polar surface area (TPSA) is 73.9 Å². The molecule has 3 rings (SSSR count). The fraction of sp³-hybridized carbons (Fsp3) is 0.478. The van der Waals surface area contributed by atoms with Gasteiger partial charge in [-0.1, -0.05) is 25.1 Å². The molecule has 0 amide bonds. The quantitative estimate of drug-likeness (QED) is 0.532. The van der Waals surface area contributed by atoms with Crippen LogP contribution in [0.4, 0.5) is 0 Å². The molecule has 6 nitrogen and oxygen atoms in total. The van der Waals surface area contributed by atoms with Crippen molar-refractivity contribution in [2.24, 2.45) is 0 Å². The fourth-order valence-corrected chi connectivity index (χ4v) is 3.92. The van der Waals surface area contributed by atoms with Crippen molar-refractivity contribution in [3.63, 3.8) is 0 Å². The number of Topliss-reactive ketones (excluding diaryl/α,β-unsaturated/α-hetero) is 1. The number of allylic oxidation sites excluding steroid dienone is 3. The number of ether oxygens (including phenoxy) is 3. The molecular weight excluding hydrogens is 370 g/mol. The Morgan fingerprint density at radius 3 is 2.72 bits per heavy atom. The highest BCUT2D eigenvalue weighted by molar-refractivity contribution is 6.04. The highest BCUT2D eigenvalue weighted by Crippen LogP contribution is 2.45. The number of ketones is 1. The van der Waals surface area contributed by atoms with Crippen LogP contribution in [0.2, 0.25) is 0 Å². The number of nitrogens with one attached hydrogen (secondary N) is 1. The van der Waals surface area contributed by atoms with E-state index in [0.717, 1.165) is 36.2 Å². The van der Waals surface area contributed by atoms with Crippen LogP contribution in [0, 0.1) is 0 Å². The van der Waals surface area contributed by atoms with Crippen LogP contribution in [0.1, 0.15) is 51.0 Å². The minimum Gasteiger partial charge on any atom is -0.493 e. The average Bonchev–Trinajstić information content (AvgIpc) is 2.71. The van der Waals surface area contributed by atoms with Crippen LogP contribution in [0.3, 0.4) is 0 Å². The predicted molar refractivity (Wildman–Crippen MR) is 110 cm³/mol. The summed E-state index contributed by atoms with van der Waals surface area (Å²) in [6, 6.07) is 7.64. The van der Waals surface area contributed by atoms with Crippen molar-refractivity contribution in [1.82, 2.24) is 5.32 Å². The van der Waals surface area contributed by atoms with E-state index in [-0.39, 0.29) is 12.4 Å². The molecule has 0 saturated carbocycles. The first-order valence-corrected chi connectivity index (χ1v) is 10.2. The van der Waals surface area contributed by atoms with Gasteiger partial charge in [0.1, 0.15) is 12.4 Å². The number of dihydropyridines is 1. The van der Waals surface area contributed by atoms with Gasteiger partial charge >= 0.3 is 5.97 Å². The summed E-state index contributed by atoms with van der Waals surface area (Å²) in [7, 11) is 1.56. The van der Waals surface area contributed by atoms with Crippen LogP contribution < -0.4 is 10.1 Å². The van der Waals surface area contributed by atoms with Gasteiger partial charge in [0.15, 0.2) is 5.78 Å². The Kier molecular flexibility index (Phi) is 7.09. The largest absolute Gasteiger partial charge is 0.493 e. The smallest absolute Gasteiger partial charge is 0.336 e. The third-order valence-electron chi connectivity index (χ3n) is 5.21.